The molecule has 9 heteroatoms. The van der Waals surface area contributed by atoms with Crippen LogP contribution in [0.3, 0.4) is 0 Å². The van der Waals surface area contributed by atoms with Crippen molar-refractivity contribution in [2.45, 2.75) is 31.7 Å². The molecule has 0 spiro atoms. The Balaban J connectivity index is 1.50. The van der Waals surface area contributed by atoms with Crippen molar-refractivity contribution >= 4 is 34.4 Å². The molecule has 2 bridgehead atoms. The Morgan fingerprint density at radius 1 is 1.23 bits per heavy atom. The van der Waals surface area contributed by atoms with Crippen LogP contribution in [0, 0.1) is 23.6 Å². The second kappa shape index (κ2) is 7.50. The Hall–Kier alpha value is -2.74. The quantitative estimate of drug-likeness (QED) is 0.604. The topological polar surface area (TPSA) is 92.8 Å². The van der Waals surface area contributed by atoms with Gasteiger partial charge < -0.3 is 15.0 Å². The molecule has 3 aromatic rings. The Morgan fingerprint density at radius 2 is 2.00 bits per heavy atom. The fraction of sp³-hybridized carbons (Fsp3) is 0.429. The van der Waals surface area contributed by atoms with Gasteiger partial charge in [-0.15, -0.1) is 0 Å². The summed E-state index contributed by atoms with van der Waals surface area (Å²) in [5.41, 5.74) is 1.32. The number of esters is 1. The van der Waals surface area contributed by atoms with Gasteiger partial charge in [0, 0.05) is 29.4 Å². The number of methoxy groups -OCH3 is 1. The average molecular weight is 430 g/mol. The summed E-state index contributed by atoms with van der Waals surface area (Å²) >= 11 is 6.08. The number of aromatic amines is 1. The first-order valence-electron chi connectivity index (χ1n) is 10.0. The maximum absolute atomic E-state index is 14.7. The summed E-state index contributed by atoms with van der Waals surface area (Å²) in [5, 5.41) is 4.47. The van der Waals surface area contributed by atoms with Gasteiger partial charge >= 0.3 is 5.97 Å². The molecule has 0 aliphatic heterocycles. The van der Waals surface area contributed by atoms with E-state index >= 15 is 0 Å². The summed E-state index contributed by atoms with van der Waals surface area (Å²) in [6.45, 7) is 0. The van der Waals surface area contributed by atoms with Gasteiger partial charge in [-0.3, -0.25) is 4.79 Å². The number of fused-ring (bicyclic) bond motifs is 4. The molecule has 0 unspecified atom stereocenters. The van der Waals surface area contributed by atoms with Crippen LogP contribution in [0.4, 0.5) is 10.2 Å². The van der Waals surface area contributed by atoms with Crippen molar-refractivity contribution < 1.29 is 13.9 Å². The number of ether oxygens (including phenoxy) is 1. The molecule has 3 aromatic heterocycles. The van der Waals surface area contributed by atoms with E-state index in [9.17, 15) is 9.18 Å². The molecule has 2 atom stereocenters. The van der Waals surface area contributed by atoms with Gasteiger partial charge in [0.25, 0.3) is 0 Å². The van der Waals surface area contributed by atoms with Gasteiger partial charge in [-0.25, -0.2) is 19.3 Å². The molecule has 0 radical (unpaired) electrons. The fourth-order valence-electron chi connectivity index (χ4n) is 5.05. The van der Waals surface area contributed by atoms with Crippen molar-refractivity contribution in [1.29, 1.82) is 0 Å². The molecule has 3 aliphatic rings. The van der Waals surface area contributed by atoms with Crippen molar-refractivity contribution in [3.63, 3.8) is 0 Å². The van der Waals surface area contributed by atoms with E-state index in [2.05, 4.69) is 25.3 Å². The zero-order valence-electron chi connectivity index (χ0n) is 16.4. The number of anilines is 1. The lowest BCUT2D eigenvalue weighted by Crippen LogP contribution is -2.52. The van der Waals surface area contributed by atoms with Crippen LogP contribution in [0.5, 0.6) is 0 Å². The molecule has 3 heterocycles. The lowest BCUT2D eigenvalue weighted by molar-refractivity contribution is -0.152. The highest BCUT2D eigenvalue weighted by Crippen LogP contribution is 2.46. The Kier molecular flexibility index (Phi) is 4.81. The first-order chi connectivity index (χ1) is 14.5. The number of nitrogens with zero attached hydrogens (tertiary/aromatic N) is 3. The molecule has 3 fully saturated rings. The molecule has 0 aromatic carbocycles. The van der Waals surface area contributed by atoms with Crippen LogP contribution < -0.4 is 5.32 Å². The van der Waals surface area contributed by atoms with Crippen LogP contribution in [-0.2, 0) is 9.53 Å². The van der Waals surface area contributed by atoms with Crippen molar-refractivity contribution in [3.05, 3.63) is 35.5 Å². The number of carbonyl (C=O) groups is 1. The van der Waals surface area contributed by atoms with Gasteiger partial charge in [-0.05, 0) is 43.6 Å². The van der Waals surface area contributed by atoms with Crippen LogP contribution in [0.15, 0.2) is 24.7 Å². The van der Waals surface area contributed by atoms with E-state index in [1.54, 1.807) is 18.5 Å². The van der Waals surface area contributed by atoms with E-state index < -0.39 is 5.82 Å². The molecule has 156 valence electrons. The Labute approximate surface area is 177 Å². The second-order valence-corrected chi connectivity index (χ2v) is 8.47. The predicted octanol–water partition coefficient (Wildman–Crippen LogP) is 4.20. The van der Waals surface area contributed by atoms with Gasteiger partial charge in [0.2, 0.25) is 0 Å². The summed E-state index contributed by atoms with van der Waals surface area (Å²) in [5.74, 6) is -0.107. The van der Waals surface area contributed by atoms with Crippen LogP contribution in [0.25, 0.3) is 22.4 Å². The maximum Gasteiger partial charge on any atom is 0.311 e. The molecule has 30 heavy (non-hydrogen) atoms. The zero-order valence-corrected chi connectivity index (χ0v) is 17.1. The van der Waals surface area contributed by atoms with Gasteiger partial charge in [-0.2, -0.15) is 0 Å². The van der Waals surface area contributed by atoms with E-state index in [4.69, 9.17) is 16.3 Å². The molecular weight excluding hydrogens is 409 g/mol. The number of rotatable bonds is 4. The average Bonchev–Trinajstić information content (AvgIpc) is 3.18. The highest BCUT2D eigenvalue weighted by molar-refractivity contribution is 6.31. The van der Waals surface area contributed by atoms with E-state index in [-0.39, 0.29) is 35.6 Å². The first-order valence-corrected chi connectivity index (χ1v) is 10.4. The number of halogens is 2. The number of hydrogen-bond acceptors (Lipinski definition) is 6. The molecule has 6 rings (SSSR count). The monoisotopic (exact) mass is 429 g/mol. The number of nitrogens with one attached hydrogen (secondary N) is 2. The minimum absolute atomic E-state index is 0.0933. The number of pyridine rings is 1. The number of carbonyl (C=O) groups excluding carboxylic acids is 1. The summed E-state index contributed by atoms with van der Waals surface area (Å²) in [4.78, 5) is 28.4. The molecule has 0 amide bonds. The predicted molar refractivity (Wildman–Crippen MR) is 110 cm³/mol. The van der Waals surface area contributed by atoms with Crippen molar-refractivity contribution in [3.8, 4) is 11.4 Å². The second-order valence-electron chi connectivity index (χ2n) is 8.04. The third kappa shape index (κ3) is 3.19. The maximum atomic E-state index is 14.7. The summed E-state index contributed by atoms with van der Waals surface area (Å²) in [6.07, 6.45) is 8.46. The third-order valence-corrected chi connectivity index (χ3v) is 6.69. The zero-order chi connectivity index (χ0) is 20.8. The van der Waals surface area contributed by atoms with Gasteiger partial charge in [0.15, 0.2) is 17.5 Å². The van der Waals surface area contributed by atoms with Crippen LogP contribution in [-0.4, -0.2) is 39.1 Å². The highest BCUT2D eigenvalue weighted by Gasteiger charge is 2.48. The van der Waals surface area contributed by atoms with Crippen molar-refractivity contribution in [2.24, 2.45) is 17.8 Å². The third-order valence-electron chi connectivity index (χ3n) is 6.48. The van der Waals surface area contributed by atoms with Crippen molar-refractivity contribution in [1.82, 2.24) is 19.9 Å². The van der Waals surface area contributed by atoms with Gasteiger partial charge in [0.1, 0.15) is 5.65 Å². The smallest absolute Gasteiger partial charge is 0.311 e. The minimum atomic E-state index is -0.556. The molecule has 7 nitrogen and oxygen atoms in total. The Bertz CT molecular complexity index is 1110. The lowest BCUT2D eigenvalue weighted by atomic mass is 9.61. The van der Waals surface area contributed by atoms with Gasteiger partial charge in [-0.1, -0.05) is 11.6 Å². The van der Waals surface area contributed by atoms with E-state index in [1.165, 1.54) is 7.11 Å². The first kappa shape index (κ1) is 19.2. The van der Waals surface area contributed by atoms with Crippen LogP contribution in [0.1, 0.15) is 25.7 Å². The highest BCUT2D eigenvalue weighted by atomic mass is 35.5. The minimum Gasteiger partial charge on any atom is -0.469 e. The summed E-state index contributed by atoms with van der Waals surface area (Å²) in [7, 11) is 1.40. The standard InChI is InChI=1S/C21H21ClFN5O2/c1-30-21(29)16-10-2-4-11(5-3-10)17(16)27-20-15(23)9-26-19(28-20)14-8-25-18-13(14)6-12(22)7-24-18/h6-11,16-17H,2-5H2,1H3,(H,24,25)(H,26,27,28)/t10?,11?,16-,17-/m0/s1. The van der Waals surface area contributed by atoms with Crippen LogP contribution in [0.2, 0.25) is 5.02 Å². The van der Waals surface area contributed by atoms with Gasteiger partial charge in [0.05, 0.1) is 24.2 Å². The van der Waals surface area contributed by atoms with E-state index in [0.29, 0.717) is 22.1 Å². The molecule has 0 saturated heterocycles. The normalized spacial score (nSPS) is 25.4. The summed E-state index contributed by atoms with van der Waals surface area (Å²) < 4.78 is 19.7. The number of hydrogen-bond donors (Lipinski definition) is 2. The van der Waals surface area contributed by atoms with Crippen LogP contribution >= 0.6 is 11.6 Å². The molecule has 3 aliphatic carbocycles. The molecular formula is C21H21ClFN5O2. The van der Waals surface area contributed by atoms with E-state index in [1.807, 2.05) is 0 Å². The summed E-state index contributed by atoms with van der Waals surface area (Å²) in [6, 6.07) is 1.56. The van der Waals surface area contributed by atoms with Crippen molar-refractivity contribution in [2.75, 3.05) is 12.4 Å². The Morgan fingerprint density at radius 3 is 2.77 bits per heavy atom. The largest absolute Gasteiger partial charge is 0.469 e. The molecule has 3 saturated carbocycles. The van der Waals surface area contributed by atoms with E-state index in [0.717, 1.165) is 37.3 Å². The SMILES string of the molecule is COC(=O)[C@H]1C2CCC(CC2)[C@@H]1Nc1nc(-c2c[nH]c3ncc(Cl)cc23)ncc1F. The number of aromatic nitrogens is 4. The lowest BCUT2D eigenvalue weighted by Gasteiger charge is -2.47. The fourth-order valence-corrected chi connectivity index (χ4v) is 5.21. The molecule has 2 N–H and O–H groups in total. The number of H-pyrrole nitrogens is 1.